The summed E-state index contributed by atoms with van der Waals surface area (Å²) in [7, 11) is 0. The maximum absolute atomic E-state index is 10.8. The normalized spacial score (nSPS) is 25.6. The van der Waals surface area contributed by atoms with Gasteiger partial charge in [0.2, 0.25) is 0 Å². The van der Waals surface area contributed by atoms with E-state index in [9.17, 15) is 4.79 Å². The predicted molar refractivity (Wildman–Crippen MR) is 62.4 cm³/mol. The van der Waals surface area contributed by atoms with Gasteiger partial charge in [-0.2, -0.15) is 0 Å². The molecule has 1 saturated carbocycles. The molecule has 0 unspecified atom stereocenters. The molecule has 0 radical (unpaired) electrons. The molecule has 1 aliphatic rings. The molecule has 0 aromatic rings. The van der Waals surface area contributed by atoms with E-state index in [1.54, 1.807) is 0 Å². The highest BCUT2D eigenvalue weighted by Gasteiger charge is 2.25. The largest absolute Gasteiger partial charge is 0.481 e. The zero-order chi connectivity index (χ0) is 11.8. The van der Waals surface area contributed by atoms with Crippen molar-refractivity contribution < 1.29 is 14.6 Å². The van der Waals surface area contributed by atoms with E-state index in [0.717, 1.165) is 52.0 Å². The minimum absolute atomic E-state index is 0.0975. The van der Waals surface area contributed by atoms with Gasteiger partial charge in [0.15, 0.2) is 0 Å². The molecular formula is C12H23NO3. The number of hydrogen-bond acceptors (Lipinski definition) is 3. The summed E-state index contributed by atoms with van der Waals surface area (Å²) >= 11 is 0. The second-order valence-corrected chi connectivity index (χ2v) is 4.46. The number of aliphatic carboxylic acids is 1. The van der Waals surface area contributed by atoms with Crippen LogP contribution in [-0.4, -0.2) is 37.4 Å². The lowest BCUT2D eigenvalue weighted by Gasteiger charge is -2.26. The van der Waals surface area contributed by atoms with Gasteiger partial charge in [-0.15, -0.1) is 0 Å². The van der Waals surface area contributed by atoms with E-state index in [4.69, 9.17) is 9.84 Å². The van der Waals surface area contributed by atoms with Crippen LogP contribution in [0.5, 0.6) is 0 Å². The molecule has 0 aliphatic heterocycles. The van der Waals surface area contributed by atoms with Crippen molar-refractivity contribution in [2.75, 3.05) is 26.3 Å². The molecule has 1 rings (SSSR count). The van der Waals surface area contributed by atoms with Gasteiger partial charge in [-0.1, -0.05) is 0 Å². The van der Waals surface area contributed by atoms with Crippen molar-refractivity contribution in [1.29, 1.82) is 0 Å². The Kier molecular flexibility index (Phi) is 6.42. The Labute approximate surface area is 97.4 Å². The van der Waals surface area contributed by atoms with Crippen LogP contribution in [0.3, 0.4) is 0 Å². The summed E-state index contributed by atoms with van der Waals surface area (Å²) in [5.41, 5.74) is 0. The smallest absolute Gasteiger partial charge is 0.306 e. The van der Waals surface area contributed by atoms with Crippen LogP contribution in [0.4, 0.5) is 0 Å². The number of carboxylic acid groups (broad SMARTS) is 1. The first kappa shape index (κ1) is 13.5. The lowest BCUT2D eigenvalue weighted by molar-refractivity contribution is -0.143. The quantitative estimate of drug-likeness (QED) is 0.650. The zero-order valence-corrected chi connectivity index (χ0v) is 10.1. The molecule has 0 heterocycles. The molecule has 0 bridgehead atoms. The van der Waals surface area contributed by atoms with Crippen LogP contribution < -0.4 is 5.32 Å². The first-order valence-electron chi connectivity index (χ1n) is 6.25. The number of carboxylic acids is 1. The Morgan fingerprint density at radius 2 is 2.06 bits per heavy atom. The van der Waals surface area contributed by atoms with Gasteiger partial charge < -0.3 is 15.2 Å². The molecule has 0 spiro atoms. The first-order valence-corrected chi connectivity index (χ1v) is 6.25. The molecule has 0 aromatic carbocycles. The molecule has 4 nitrogen and oxygen atoms in total. The van der Waals surface area contributed by atoms with Crippen molar-refractivity contribution in [3.63, 3.8) is 0 Å². The summed E-state index contributed by atoms with van der Waals surface area (Å²) in [6.07, 6.45) is 3.76. The Balaban J connectivity index is 2.02. The van der Waals surface area contributed by atoms with Gasteiger partial charge in [0.05, 0.1) is 12.5 Å². The number of hydrogen-bond donors (Lipinski definition) is 2. The van der Waals surface area contributed by atoms with Crippen molar-refractivity contribution >= 4 is 5.97 Å². The molecule has 0 atom stereocenters. The molecule has 1 fully saturated rings. The summed E-state index contributed by atoms with van der Waals surface area (Å²) in [6.45, 7) is 5.42. The van der Waals surface area contributed by atoms with Crippen molar-refractivity contribution in [3.05, 3.63) is 0 Å². The zero-order valence-electron chi connectivity index (χ0n) is 10.1. The molecule has 16 heavy (non-hydrogen) atoms. The van der Waals surface area contributed by atoms with Crippen LogP contribution in [0.15, 0.2) is 0 Å². The second kappa shape index (κ2) is 7.63. The molecule has 0 amide bonds. The summed E-state index contributed by atoms with van der Waals surface area (Å²) in [6, 6.07) is 0. The number of carbonyl (C=O) groups is 1. The minimum Gasteiger partial charge on any atom is -0.481 e. The third kappa shape index (κ3) is 4.94. The Morgan fingerprint density at radius 3 is 2.62 bits per heavy atom. The topological polar surface area (TPSA) is 58.6 Å². The number of nitrogens with one attached hydrogen (secondary N) is 1. The van der Waals surface area contributed by atoms with Crippen LogP contribution >= 0.6 is 0 Å². The third-order valence-electron chi connectivity index (χ3n) is 3.26. The minimum atomic E-state index is -0.622. The van der Waals surface area contributed by atoms with E-state index in [-0.39, 0.29) is 5.92 Å². The highest BCUT2D eigenvalue weighted by Crippen LogP contribution is 2.28. The standard InChI is InChI=1S/C12H23NO3/c1-2-16-8-7-13-9-10-3-5-11(6-4-10)12(14)15/h10-11,13H,2-9H2,1H3,(H,14,15). The Bertz CT molecular complexity index is 200. The molecular weight excluding hydrogens is 206 g/mol. The highest BCUT2D eigenvalue weighted by molar-refractivity contribution is 5.69. The second-order valence-electron chi connectivity index (χ2n) is 4.46. The first-order chi connectivity index (χ1) is 7.74. The van der Waals surface area contributed by atoms with Crippen molar-refractivity contribution in [2.45, 2.75) is 32.6 Å². The fourth-order valence-corrected chi connectivity index (χ4v) is 2.21. The van der Waals surface area contributed by atoms with E-state index in [0.29, 0.717) is 5.92 Å². The fraction of sp³-hybridized carbons (Fsp3) is 0.917. The summed E-state index contributed by atoms with van der Waals surface area (Å²) in [5.74, 6) is -0.0698. The SMILES string of the molecule is CCOCCNCC1CCC(C(=O)O)CC1. The van der Waals surface area contributed by atoms with Gasteiger partial charge >= 0.3 is 5.97 Å². The van der Waals surface area contributed by atoms with Gasteiger partial charge in [0, 0.05) is 13.2 Å². The predicted octanol–water partition coefficient (Wildman–Crippen LogP) is 1.50. The molecule has 94 valence electrons. The highest BCUT2D eigenvalue weighted by atomic mass is 16.5. The van der Waals surface area contributed by atoms with E-state index in [1.165, 1.54) is 0 Å². The average Bonchev–Trinajstić information content (AvgIpc) is 2.29. The van der Waals surface area contributed by atoms with Crippen LogP contribution in [0.1, 0.15) is 32.6 Å². The average molecular weight is 229 g/mol. The fourth-order valence-electron chi connectivity index (χ4n) is 2.21. The number of ether oxygens (including phenoxy) is 1. The van der Waals surface area contributed by atoms with Crippen LogP contribution in [-0.2, 0) is 9.53 Å². The van der Waals surface area contributed by atoms with Crippen molar-refractivity contribution in [3.8, 4) is 0 Å². The number of rotatable bonds is 7. The van der Waals surface area contributed by atoms with Crippen LogP contribution in [0.2, 0.25) is 0 Å². The summed E-state index contributed by atoms with van der Waals surface area (Å²) in [4.78, 5) is 10.8. The molecule has 1 aliphatic carbocycles. The van der Waals surface area contributed by atoms with E-state index < -0.39 is 5.97 Å². The van der Waals surface area contributed by atoms with Gasteiger partial charge in [-0.3, -0.25) is 4.79 Å². The van der Waals surface area contributed by atoms with E-state index >= 15 is 0 Å². The lowest BCUT2D eigenvalue weighted by atomic mass is 9.82. The summed E-state index contributed by atoms with van der Waals surface area (Å²) < 4.78 is 5.23. The van der Waals surface area contributed by atoms with Crippen molar-refractivity contribution in [2.24, 2.45) is 11.8 Å². The van der Waals surface area contributed by atoms with E-state index in [2.05, 4.69) is 5.32 Å². The van der Waals surface area contributed by atoms with Gasteiger partial charge in [0.1, 0.15) is 0 Å². The van der Waals surface area contributed by atoms with E-state index in [1.807, 2.05) is 6.92 Å². The lowest BCUT2D eigenvalue weighted by Crippen LogP contribution is -2.30. The van der Waals surface area contributed by atoms with Crippen LogP contribution in [0.25, 0.3) is 0 Å². The summed E-state index contributed by atoms with van der Waals surface area (Å²) in [5, 5.41) is 12.2. The molecule has 0 aromatic heterocycles. The Hall–Kier alpha value is -0.610. The molecule has 0 saturated heterocycles. The van der Waals surface area contributed by atoms with Gasteiger partial charge in [-0.25, -0.2) is 0 Å². The van der Waals surface area contributed by atoms with Gasteiger partial charge in [-0.05, 0) is 45.1 Å². The molecule has 2 N–H and O–H groups in total. The monoisotopic (exact) mass is 229 g/mol. The maximum Gasteiger partial charge on any atom is 0.306 e. The Morgan fingerprint density at radius 1 is 1.38 bits per heavy atom. The van der Waals surface area contributed by atoms with Gasteiger partial charge in [0.25, 0.3) is 0 Å². The maximum atomic E-state index is 10.8. The third-order valence-corrected chi connectivity index (χ3v) is 3.26. The molecule has 4 heteroatoms. The van der Waals surface area contributed by atoms with Crippen LogP contribution in [0, 0.1) is 11.8 Å². The van der Waals surface area contributed by atoms with Crippen molar-refractivity contribution in [1.82, 2.24) is 5.32 Å².